The molecule has 0 amide bonds. The van der Waals surface area contributed by atoms with E-state index in [1.54, 1.807) is 0 Å². The van der Waals surface area contributed by atoms with Gasteiger partial charge in [-0.2, -0.15) is 0 Å². The Morgan fingerprint density at radius 1 is 1.50 bits per heavy atom. The van der Waals surface area contributed by atoms with Crippen LogP contribution in [0.3, 0.4) is 0 Å². The first-order valence-corrected chi connectivity index (χ1v) is 1.96. The average molecular weight is 191 g/mol. The topological polar surface area (TPSA) is 23.5 Å². The van der Waals surface area contributed by atoms with Gasteiger partial charge >= 0.3 is 0 Å². The zero-order chi connectivity index (χ0) is 3.58. The van der Waals surface area contributed by atoms with Gasteiger partial charge in [0, 0.05) is 0 Å². The summed E-state index contributed by atoms with van der Waals surface area (Å²) in [6.07, 6.45) is 0. The Kier molecular flexibility index (Phi) is 2.61. The summed E-state index contributed by atoms with van der Waals surface area (Å²) >= 11 is 5.15. The number of hydrogen-bond donors (Lipinski definition) is 1. The van der Waals surface area contributed by atoms with Crippen LogP contribution in [-0.4, -0.2) is 8.32 Å². The lowest BCUT2D eigenvalue weighted by molar-refractivity contribution is 0.143. The smallest absolute Gasteiger partial charge is 0.0554 e. The third-order valence-electron chi connectivity index (χ3n) is 0. The van der Waals surface area contributed by atoms with Gasteiger partial charge in [0.25, 0.3) is 0 Å². The van der Waals surface area contributed by atoms with Crippen molar-refractivity contribution < 1.29 is 5.21 Å². The second-order valence-electron chi connectivity index (χ2n) is 0.215. The molecule has 0 atom stereocenters. The second-order valence-corrected chi connectivity index (χ2v) is 2.51. The molecule has 4 heavy (non-hydrogen) atoms. The van der Waals surface area contributed by atoms with E-state index in [-0.39, 0.29) is 0 Å². The minimum absolute atomic E-state index is 0.625. The molecular weight excluding hydrogens is 190 g/mol. The van der Waals surface area contributed by atoms with Gasteiger partial charge in [0.1, 0.15) is 0 Å². The fourth-order valence-corrected chi connectivity index (χ4v) is 0. The molecule has 0 saturated carbocycles. The molecule has 0 aromatic heterocycles. The van der Waals surface area contributed by atoms with Crippen molar-refractivity contribution >= 4 is 32.3 Å². The van der Waals surface area contributed by atoms with Gasteiger partial charge in [-0.3, -0.25) is 5.21 Å². The molecule has 0 aromatic rings. The third-order valence-corrected chi connectivity index (χ3v) is 0. The first-order valence-electron chi connectivity index (χ1n) is 0.538. The molecule has 0 spiro atoms. The highest BCUT2D eigenvalue weighted by molar-refractivity contribution is 9.20. The van der Waals surface area contributed by atoms with Crippen molar-refractivity contribution in [2.45, 2.75) is 0 Å². The lowest BCUT2D eigenvalue weighted by Gasteiger charge is -1.80. The van der Waals surface area contributed by atoms with Gasteiger partial charge in [-0.1, -0.05) is 3.12 Å². The Labute approximate surface area is 41.0 Å². The molecule has 26 valence electrons. The van der Waals surface area contributed by atoms with Crippen molar-refractivity contribution in [3.63, 3.8) is 0 Å². The van der Waals surface area contributed by atoms with Gasteiger partial charge < -0.3 is 0 Å². The molecule has 0 bridgehead atoms. The summed E-state index contributed by atoms with van der Waals surface area (Å²) in [5.74, 6) is 0. The number of halogens is 2. The highest BCUT2D eigenvalue weighted by atomic mass is 79.9. The van der Waals surface area contributed by atoms with Gasteiger partial charge in [-0.05, 0) is 0 Å². The molecule has 0 saturated heterocycles. The van der Waals surface area contributed by atoms with Crippen LogP contribution >= 0.6 is 32.3 Å². The van der Waals surface area contributed by atoms with E-state index in [9.17, 15) is 0 Å². The Bertz CT molecular complexity index is 10.8. The van der Waals surface area contributed by atoms with E-state index in [1.807, 2.05) is 0 Å². The predicted molar refractivity (Wildman–Crippen MR) is 21.5 cm³/mol. The van der Waals surface area contributed by atoms with Crippen LogP contribution in [0.25, 0.3) is 0 Å². The van der Waals surface area contributed by atoms with Crippen molar-refractivity contribution in [3.05, 3.63) is 0 Å². The summed E-state index contributed by atoms with van der Waals surface area (Å²) in [6.45, 7) is 0. The van der Waals surface area contributed by atoms with Gasteiger partial charge in [0.15, 0.2) is 0 Å². The Morgan fingerprint density at radius 3 is 1.50 bits per heavy atom. The maximum absolute atomic E-state index is 7.72. The first-order chi connectivity index (χ1) is 1.73. The van der Waals surface area contributed by atoms with Gasteiger partial charge in [0.2, 0.25) is 0 Å². The largest absolute Gasteiger partial charge is 0.292 e. The molecule has 2 nitrogen and oxygen atoms in total. The maximum Gasteiger partial charge on any atom is 0.0554 e. The normalized spacial score (nSPS) is 9.00. The molecule has 0 rings (SSSR count). The van der Waals surface area contributed by atoms with Gasteiger partial charge in [-0.25, -0.2) is 0 Å². The van der Waals surface area contributed by atoms with E-state index in [0.717, 1.165) is 0 Å². The first kappa shape index (κ1) is 4.88. The van der Waals surface area contributed by atoms with Crippen LogP contribution in [0.5, 0.6) is 0 Å². The number of rotatable bonds is 0. The molecule has 0 fully saturated rings. The zero-order valence-corrected chi connectivity index (χ0v) is 4.82. The molecular formula is HBr2NO. The standard InChI is InChI=1S/Br2HNO/c1-3(2)4/h4H. The van der Waals surface area contributed by atoms with Crippen LogP contribution in [0, 0.1) is 0 Å². The molecule has 0 radical (unpaired) electrons. The summed E-state index contributed by atoms with van der Waals surface area (Å²) in [7, 11) is 0. The molecule has 4 heteroatoms. The van der Waals surface area contributed by atoms with E-state index in [4.69, 9.17) is 5.21 Å². The lowest BCUT2D eigenvalue weighted by atomic mass is 13.6. The van der Waals surface area contributed by atoms with Crippen molar-refractivity contribution in [1.29, 1.82) is 0 Å². The van der Waals surface area contributed by atoms with Crippen LogP contribution in [-0.2, 0) is 0 Å². The Balaban J connectivity index is 2.32. The number of nitrogens with zero attached hydrogens (tertiary/aromatic N) is 1. The van der Waals surface area contributed by atoms with Crippen LogP contribution < -0.4 is 0 Å². The Hall–Kier alpha value is 0.880. The Morgan fingerprint density at radius 2 is 1.50 bits per heavy atom. The van der Waals surface area contributed by atoms with E-state index in [1.165, 1.54) is 0 Å². The third kappa shape index (κ3) is 13.1. The van der Waals surface area contributed by atoms with Crippen LogP contribution in [0.1, 0.15) is 0 Å². The SMILES string of the molecule is ON(Br)Br. The predicted octanol–water partition coefficient (Wildman–Crippen LogP) is 1.30. The van der Waals surface area contributed by atoms with Crippen molar-refractivity contribution in [2.24, 2.45) is 0 Å². The quantitative estimate of drug-likeness (QED) is 0.460. The summed E-state index contributed by atoms with van der Waals surface area (Å²) in [5, 5.41) is 7.72. The lowest BCUT2D eigenvalue weighted by Crippen LogP contribution is -1.76. The van der Waals surface area contributed by atoms with Crippen LogP contribution in [0.2, 0.25) is 0 Å². The van der Waals surface area contributed by atoms with Gasteiger partial charge in [-0.15, -0.1) is 0 Å². The van der Waals surface area contributed by atoms with Crippen LogP contribution in [0.4, 0.5) is 0 Å². The highest BCUT2D eigenvalue weighted by Crippen LogP contribution is 1.95. The highest BCUT2D eigenvalue weighted by Gasteiger charge is 1.68. The summed E-state index contributed by atoms with van der Waals surface area (Å²) in [5.41, 5.74) is 0. The fraction of sp³-hybridized carbons (Fsp3) is 0. The zero-order valence-electron chi connectivity index (χ0n) is 1.65. The molecule has 0 unspecified atom stereocenters. The van der Waals surface area contributed by atoms with Crippen molar-refractivity contribution in [3.8, 4) is 0 Å². The monoisotopic (exact) mass is 189 g/mol. The van der Waals surface area contributed by atoms with Crippen molar-refractivity contribution in [1.82, 2.24) is 3.12 Å². The van der Waals surface area contributed by atoms with Crippen molar-refractivity contribution in [2.75, 3.05) is 0 Å². The molecule has 0 aliphatic rings. The maximum atomic E-state index is 7.72. The summed E-state index contributed by atoms with van der Waals surface area (Å²) < 4.78 is 0.625. The molecule has 0 aromatic carbocycles. The van der Waals surface area contributed by atoms with E-state index < -0.39 is 0 Å². The molecule has 0 heterocycles. The van der Waals surface area contributed by atoms with Crippen LogP contribution in [0.15, 0.2) is 0 Å². The molecule has 1 N–H and O–H groups in total. The van der Waals surface area contributed by atoms with Gasteiger partial charge in [0.05, 0.1) is 32.3 Å². The van der Waals surface area contributed by atoms with E-state index in [2.05, 4.69) is 32.3 Å². The van der Waals surface area contributed by atoms with E-state index in [0.29, 0.717) is 3.12 Å². The summed E-state index contributed by atoms with van der Waals surface area (Å²) in [6, 6.07) is 0. The van der Waals surface area contributed by atoms with E-state index >= 15 is 0 Å². The minimum Gasteiger partial charge on any atom is -0.292 e. The average Bonchev–Trinajstić information content (AvgIpc) is 0.811. The number of hydrogen-bond acceptors (Lipinski definition) is 2. The molecule has 0 aliphatic heterocycles. The minimum atomic E-state index is 0.625. The summed E-state index contributed by atoms with van der Waals surface area (Å²) in [4.78, 5) is 0. The molecule has 0 aliphatic carbocycles. The fourth-order valence-electron chi connectivity index (χ4n) is 0. The second kappa shape index (κ2) is 2.14.